The standard InChI is InChI=1S/C6H4N2O3S3/c7-3-12-4-14(11)6-5(8(9)10)1-2-13-6/h1-2H,4H2. The lowest BCUT2D eigenvalue weighted by molar-refractivity contribution is -0.387. The van der Waals surface area contributed by atoms with Crippen LogP contribution in [-0.2, 0) is 11.2 Å². The molecule has 1 aromatic rings. The molecule has 1 unspecified atom stereocenters. The predicted octanol–water partition coefficient (Wildman–Crippen LogP) is 1.94. The first-order valence-corrected chi connectivity index (χ1v) is 6.46. The Hall–Kier alpha value is -0.750. The summed E-state index contributed by atoms with van der Waals surface area (Å²) in [5.74, 6) is 0. The van der Waals surface area contributed by atoms with Crippen LogP contribution in [0, 0.1) is 20.8 Å². The topological polar surface area (TPSA) is 90.0 Å². The molecule has 0 radical (unpaired) electrons. The molecule has 1 aromatic heterocycles. The molecule has 0 bridgehead atoms. The van der Waals surface area contributed by atoms with Crippen LogP contribution in [0.25, 0.3) is 0 Å². The zero-order valence-corrected chi connectivity index (χ0v) is 9.16. The van der Waals surface area contributed by atoms with Crippen LogP contribution in [0.15, 0.2) is 15.7 Å². The van der Waals surface area contributed by atoms with Crippen LogP contribution in [0.2, 0.25) is 0 Å². The molecule has 0 amide bonds. The molecule has 0 aliphatic rings. The summed E-state index contributed by atoms with van der Waals surface area (Å²) in [4.78, 5) is 9.90. The van der Waals surface area contributed by atoms with Gasteiger partial charge in [-0.1, -0.05) is 11.3 Å². The number of hydrogen-bond donors (Lipinski definition) is 0. The second kappa shape index (κ2) is 5.21. The van der Waals surface area contributed by atoms with E-state index in [1.807, 2.05) is 0 Å². The highest BCUT2D eigenvalue weighted by atomic mass is 32.3. The molecule has 1 atom stereocenters. The Balaban J connectivity index is 2.79. The van der Waals surface area contributed by atoms with Gasteiger partial charge in [0.1, 0.15) is 5.40 Å². The average Bonchev–Trinajstić information content (AvgIpc) is 2.62. The minimum Gasteiger partial charge on any atom is -0.610 e. The maximum atomic E-state index is 11.4. The average molecular weight is 248 g/mol. The number of nitriles is 1. The van der Waals surface area contributed by atoms with Gasteiger partial charge in [0.15, 0.2) is 5.08 Å². The molecule has 14 heavy (non-hydrogen) atoms. The summed E-state index contributed by atoms with van der Waals surface area (Å²) in [6.45, 7) is 0. The third kappa shape index (κ3) is 2.62. The number of nitro groups is 1. The summed E-state index contributed by atoms with van der Waals surface area (Å²) in [6, 6.07) is 1.31. The quantitative estimate of drug-likeness (QED) is 0.351. The highest BCUT2D eigenvalue weighted by molar-refractivity contribution is 8.15. The van der Waals surface area contributed by atoms with Gasteiger partial charge in [0.05, 0.1) is 4.92 Å². The lowest BCUT2D eigenvalue weighted by Gasteiger charge is -2.03. The third-order valence-corrected chi connectivity index (χ3v) is 4.87. The molecule has 1 rings (SSSR count). The van der Waals surface area contributed by atoms with E-state index in [9.17, 15) is 14.7 Å². The highest BCUT2D eigenvalue weighted by Gasteiger charge is 2.26. The van der Waals surface area contributed by atoms with Gasteiger partial charge in [-0.2, -0.15) is 5.26 Å². The number of hydrogen-bond acceptors (Lipinski definition) is 6. The smallest absolute Gasteiger partial charge is 0.335 e. The van der Waals surface area contributed by atoms with Crippen molar-refractivity contribution >= 4 is 40.0 Å². The first kappa shape index (κ1) is 11.3. The van der Waals surface area contributed by atoms with Crippen LogP contribution in [0.3, 0.4) is 0 Å². The van der Waals surface area contributed by atoms with E-state index in [2.05, 4.69) is 0 Å². The second-order valence-corrected chi connectivity index (χ2v) is 5.74. The van der Waals surface area contributed by atoms with Crippen molar-refractivity contribution in [2.75, 3.05) is 5.08 Å². The molecular formula is C6H4N2O3S3. The largest absolute Gasteiger partial charge is 0.610 e. The van der Waals surface area contributed by atoms with Crippen LogP contribution >= 0.6 is 23.1 Å². The fraction of sp³-hybridized carbons (Fsp3) is 0.167. The van der Waals surface area contributed by atoms with Crippen LogP contribution in [-0.4, -0.2) is 14.6 Å². The summed E-state index contributed by atoms with van der Waals surface area (Å²) >= 11 is 0.429. The van der Waals surface area contributed by atoms with Gasteiger partial charge < -0.3 is 4.55 Å². The van der Waals surface area contributed by atoms with Crippen LogP contribution in [0.4, 0.5) is 5.69 Å². The van der Waals surface area contributed by atoms with Crippen molar-refractivity contribution in [2.45, 2.75) is 4.21 Å². The number of nitrogens with zero attached hydrogens (tertiary/aromatic N) is 2. The molecule has 0 aliphatic heterocycles. The Morgan fingerprint density at radius 2 is 2.50 bits per heavy atom. The molecule has 5 nitrogen and oxygen atoms in total. The number of thiophene rings is 1. The van der Waals surface area contributed by atoms with E-state index in [0.717, 1.165) is 23.1 Å². The van der Waals surface area contributed by atoms with Gasteiger partial charge in [-0.05, 0) is 0 Å². The molecule has 8 heteroatoms. The van der Waals surface area contributed by atoms with Crippen LogP contribution in [0.5, 0.6) is 0 Å². The first-order valence-electron chi connectivity index (χ1n) is 3.28. The molecule has 74 valence electrons. The van der Waals surface area contributed by atoms with Crippen molar-refractivity contribution in [2.24, 2.45) is 0 Å². The minimum absolute atomic E-state index is 0.0673. The van der Waals surface area contributed by atoms with Gasteiger partial charge in [-0.3, -0.25) is 10.1 Å². The van der Waals surface area contributed by atoms with Crippen molar-refractivity contribution in [3.8, 4) is 5.40 Å². The number of thiocyanates is 1. The summed E-state index contributed by atoms with van der Waals surface area (Å²) in [7, 11) is 0. The SMILES string of the molecule is N#CSC[S+]([O-])c1sccc1[N+](=O)[O-]. The van der Waals surface area contributed by atoms with E-state index in [1.54, 1.807) is 5.40 Å². The van der Waals surface area contributed by atoms with E-state index in [0.29, 0.717) is 0 Å². The predicted molar refractivity (Wildman–Crippen MR) is 55.5 cm³/mol. The van der Waals surface area contributed by atoms with E-state index in [4.69, 9.17) is 5.26 Å². The van der Waals surface area contributed by atoms with Crippen molar-refractivity contribution in [1.29, 1.82) is 5.26 Å². The highest BCUT2D eigenvalue weighted by Crippen LogP contribution is 2.31. The summed E-state index contributed by atoms with van der Waals surface area (Å²) in [5.41, 5.74) is -0.133. The fourth-order valence-corrected chi connectivity index (χ4v) is 3.78. The monoisotopic (exact) mass is 248 g/mol. The Labute approximate surface area is 91.1 Å². The van der Waals surface area contributed by atoms with Gasteiger partial charge in [0, 0.05) is 34.4 Å². The minimum atomic E-state index is -1.47. The summed E-state index contributed by atoms with van der Waals surface area (Å²) in [5, 5.41) is 22.1. The Bertz CT molecular complexity index is 373. The van der Waals surface area contributed by atoms with Crippen LogP contribution in [0.1, 0.15) is 0 Å². The van der Waals surface area contributed by atoms with Gasteiger partial charge in [-0.15, -0.1) is 0 Å². The van der Waals surface area contributed by atoms with Crippen molar-refractivity contribution in [3.63, 3.8) is 0 Å². The molecular weight excluding hydrogens is 244 g/mol. The Kier molecular flexibility index (Phi) is 4.21. The van der Waals surface area contributed by atoms with Gasteiger partial charge in [0.2, 0.25) is 0 Å². The van der Waals surface area contributed by atoms with Crippen molar-refractivity contribution in [1.82, 2.24) is 0 Å². The zero-order valence-electron chi connectivity index (χ0n) is 6.71. The molecule has 0 spiro atoms. The van der Waals surface area contributed by atoms with E-state index in [1.165, 1.54) is 11.4 Å². The number of thioether (sulfide) groups is 1. The lowest BCUT2D eigenvalue weighted by Crippen LogP contribution is -2.03. The molecule has 1 heterocycles. The molecule has 0 saturated heterocycles. The molecule has 0 saturated carbocycles. The van der Waals surface area contributed by atoms with E-state index in [-0.39, 0.29) is 15.0 Å². The first-order chi connectivity index (χ1) is 6.66. The van der Waals surface area contributed by atoms with Crippen molar-refractivity contribution in [3.05, 3.63) is 21.6 Å². The molecule has 0 N–H and O–H groups in total. The number of rotatable bonds is 4. The normalized spacial score (nSPS) is 12.0. The molecule has 0 fully saturated rings. The molecule has 0 aromatic carbocycles. The van der Waals surface area contributed by atoms with E-state index >= 15 is 0 Å². The van der Waals surface area contributed by atoms with Gasteiger partial charge in [0.25, 0.3) is 4.21 Å². The summed E-state index contributed by atoms with van der Waals surface area (Å²) < 4.78 is 11.7. The van der Waals surface area contributed by atoms with Crippen LogP contribution < -0.4 is 0 Å². The Morgan fingerprint density at radius 3 is 3.07 bits per heavy atom. The zero-order chi connectivity index (χ0) is 10.6. The van der Waals surface area contributed by atoms with E-state index < -0.39 is 16.1 Å². The van der Waals surface area contributed by atoms with Gasteiger partial charge in [-0.25, -0.2) is 0 Å². The summed E-state index contributed by atoms with van der Waals surface area (Å²) in [6.07, 6.45) is 0. The fourth-order valence-electron chi connectivity index (χ4n) is 0.728. The van der Waals surface area contributed by atoms with Gasteiger partial charge >= 0.3 is 5.69 Å². The third-order valence-electron chi connectivity index (χ3n) is 1.24. The maximum Gasteiger partial charge on any atom is 0.335 e. The maximum absolute atomic E-state index is 11.4. The Morgan fingerprint density at radius 1 is 1.79 bits per heavy atom. The second-order valence-electron chi connectivity index (χ2n) is 2.05. The lowest BCUT2D eigenvalue weighted by atomic mass is 10.6. The molecule has 0 aliphatic carbocycles. The van der Waals surface area contributed by atoms with Crippen molar-refractivity contribution < 1.29 is 9.48 Å².